The van der Waals surface area contributed by atoms with Gasteiger partial charge < -0.3 is 0 Å². The number of aromatic nitrogens is 2. The molecule has 2 aromatic rings. The Hall–Kier alpha value is -2.03. The van der Waals surface area contributed by atoms with E-state index in [4.69, 9.17) is 0 Å². The second-order valence-corrected chi connectivity index (χ2v) is 4.39. The summed E-state index contributed by atoms with van der Waals surface area (Å²) < 4.78 is 0. The molecule has 1 atom stereocenters. The van der Waals surface area contributed by atoms with Crippen LogP contribution in [0.5, 0.6) is 0 Å². The first-order chi connectivity index (χ1) is 8.74. The molecule has 0 radical (unpaired) electrons. The van der Waals surface area contributed by atoms with Gasteiger partial charge in [-0.3, -0.25) is 4.79 Å². The van der Waals surface area contributed by atoms with Crippen LogP contribution in [0.3, 0.4) is 0 Å². The van der Waals surface area contributed by atoms with Gasteiger partial charge in [-0.2, -0.15) is 0 Å². The van der Waals surface area contributed by atoms with Crippen molar-refractivity contribution in [3.63, 3.8) is 0 Å². The van der Waals surface area contributed by atoms with E-state index in [0.29, 0.717) is 17.9 Å². The lowest BCUT2D eigenvalue weighted by molar-refractivity contribution is 0.111. The summed E-state index contributed by atoms with van der Waals surface area (Å²) in [4.78, 5) is 10.5. The largest absolute Gasteiger partial charge is 0.296 e. The average molecular weight is 240 g/mol. The lowest BCUT2D eigenvalue weighted by Gasteiger charge is -2.09. The minimum absolute atomic E-state index is 0.356. The third kappa shape index (κ3) is 2.62. The smallest absolute Gasteiger partial charge is 0.170 e. The molecule has 0 N–H and O–H groups in total. The molecule has 3 heteroatoms. The normalized spacial score (nSPS) is 12.1. The van der Waals surface area contributed by atoms with Crippen LogP contribution in [0.25, 0.3) is 11.3 Å². The Balaban J connectivity index is 2.25. The minimum Gasteiger partial charge on any atom is -0.296 e. The van der Waals surface area contributed by atoms with E-state index in [2.05, 4.69) is 36.2 Å². The van der Waals surface area contributed by atoms with Crippen LogP contribution in [0.1, 0.15) is 42.2 Å². The van der Waals surface area contributed by atoms with Crippen molar-refractivity contribution in [2.24, 2.45) is 0 Å². The Labute approximate surface area is 107 Å². The Bertz CT molecular complexity index is 517. The van der Waals surface area contributed by atoms with Gasteiger partial charge in [-0.1, -0.05) is 38.1 Å². The van der Waals surface area contributed by atoms with E-state index in [-0.39, 0.29) is 0 Å². The number of nitrogens with zero attached hydrogens (tertiary/aromatic N) is 2. The summed E-state index contributed by atoms with van der Waals surface area (Å²) in [5, 5.41) is 7.86. The highest BCUT2D eigenvalue weighted by Gasteiger charge is 2.04. The van der Waals surface area contributed by atoms with Crippen LogP contribution in [-0.2, 0) is 0 Å². The zero-order valence-electron chi connectivity index (χ0n) is 10.6. The van der Waals surface area contributed by atoms with E-state index in [1.807, 2.05) is 18.2 Å². The van der Waals surface area contributed by atoms with Crippen LogP contribution in [0.2, 0.25) is 0 Å². The fourth-order valence-corrected chi connectivity index (χ4v) is 1.78. The van der Waals surface area contributed by atoms with Crippen molar-refractivity contribution in [3.8, 4) is 11.3 Å². The second kappa shape index (κ2) is 5.54. The Kier molecular flexibility index (Phi) is 3.82. The summed E-state index contributed by atoms with van der Waals surface area (Å²) in [6.45, 7) is 4.40. The Morgan fingerprint density at radius 1 is 1.11 bits per heavy atom. The van der Waals surface area contributed by atoms with Gasteiger partial charge in [-0.15, -0.1) is 10.2 Å². The van der Waals surface area contributed by atoms with E-state index in [0.717, 1.165) is 17.7 Å². The number of carbonyl (C=O) groups excluding carboxylic acids is 1. The summed E-state index contributed by atoms with van der Waals surface area (Å²) in [7, 11) is 0. The Morgan fingerprint density at radius 2 is 1.83 bits per heavy atom. The molecule has 0 aliphatic rings. The summed E-state index contributed by atoms with van der Waals surface area (Å²) in [5.74, 6) is 0.572. The number of hydrogen-bond acceptors (Lipinski definition) is 3. The van der Waals surface area contributed by atoms with Crippen LogP contribution in [0.15, 0.2) is 36.4 Å². The molecule has 1 aromatic heterocycles. The summed E-state index contributed by atoms with van der Waals surface area (Å²) in [6.07, 6.45) is 1.83. The van der Waals surface area contributed by atoms with Crippen LogP contribution >= 0.6 is 0 Å². The highest BCUT2D eigenvalue weighted by atomic mass is 16.1. The molecule has 0 saturated heterocycles. The third-order valence-electron chi connectivity index (χ3n) is 3.19. The number of aldehydes is 1. The van der Waals surface area contributed by atoms with Crippen molar-refractivity contribution in [1.82, 2.24) is 10.2 Å². The van der Waals surface area contributed by atoms with Gasteiger partial charge in [0.2, 0.25) is 0 Å². The minimum atomic E-state index is 0.356. The fourth-order valence-electron chi connectivity index (χ4n) is 1.78. The van der Waals surface area contributed by atoms with Crippen molar-refractivity contribution >= 4 is 6.29 Å². The van der Waals surface area contributed by atoms with Crippen LogP contribution < -0.4 is 0 Å². The molecule has 1 aromatic carbocycles. The maximum atomic E-state index is 10.5. The fraction of sp³-hybridized carbons (Fsp3) is 0.267. The van der Waals surface area contributed by atoms with Crippen molar-refractivity contribution in [2.75, 3.05) is 0 Å². The Morgan fingerprint density at radius 3 is 2.33 bits per heavy atom. The molecular weight excluding hydrogens is 224 g/mol. The SMILES string of the molecule is CCC(C)c1ccc(-c2ccc(C=O)nn2)cc1. The summed E-state index contributed by atoms with van der Waals surface area (Å²) in [6, 6.07) is 11.8. The van der Waals surface area contributed by atoms with Gasteiger partial charge in [-0.05, 0) is 30.0 Å². The molecule has 0 amide bonds. The van der Waals surface area contributed by atoms with Crippen LogP contribution in [0.4, 0.5) is 0 Å². The predicted molar refractivity (Wildman–Crippen MR) is 71.6 cm³/mol. The zero-order valence-corrected chi connectivity index (χ0v) is 10.6. The van der Waals surface area contributed by atoms with E-state index < -0.39 is 0 Å². The first kappa shape index (κ1) is 12.4. The quantitative estimate of drug-likeness (QED) is 0.768. The molecule has 0 saturated carbocycles. The monoisotopic (exact) mass is 240 g/mol. The average Bonchev–Trinajstić information content (AvgIpc) is 2.47. The zero-order chi connectivity index (χ0) is 13.0. The maximum Gasteiger partial charge on any atom is 0.170 e. The van der Waals surface area contributed by atoms with E-state index in [1.165, 1.54) is 5.56 Å². The molecule has 0 aliphatic carbocycles. The van der Waals surface area contributed by atoms with E-state index >= 15 is 0 Å². The highest BCUT2D eigenvalue weighted by Crippen LogP contribution is 2.22. The van der Waals surface area contributed by atoms with Crippen LogP contribution in [-0.4, -0.2) is 16.5 Å². The number of benzene rings is 1. The van der Waals surface area contributed by atoms with E-state index in [1.54, 1.807) is 6.07 Å². The van der Waals surface area contributed by atoms with Crippen molar-refractivity contribution in [1.29, 1.82) is 0 Å². The molecule has 1 unspecified atom stereocenters. The molecule has 2 rings (SSSR count). The van der Waals surface area contributed by atoms with E-state index in [9.17, 15) is 4.79 Å². The number of hydrogen-bond donors (Lipinski definition) is 0. The maximum absolute atomic E-state index is 10.5. The number of carbonyl (C=O) groups is 1. The molecule has 0 aliphatic heterocycles. The molecule has 18 heavy (non-hydrogen) atoms. The molecule has 0 spiro atoms. The van der Waals surface area contributed by atoms with Crippen LogP contribution in [0, 0.1) is 0 Å². The second-order valence-electron chi connectivity index (χ2n) is 4.39. The molecule has 92 valence electrons. The van der Waals surface area contributed by atoms with Gasteiger partial charge in [-0.25, -0.2) is 0 Å². The van der Waals surface area contributed by atoms with Gasteiger partial charge in [0, 0.05) is 5.56 Å². The molecule has 0 bridgehead atoms. The first-order valence-corrected chi connectivity index (χ1v) is 6.14. The molecule has 3 nitrogen and oxygen atoms in total. The highest BCUT2D eigenvalue weighted by molar-refractivity contribution is 5.72. The summed E-state index contributed by atoms with van der Waals surface area (Å²) in [5.41, 5.74) is 3.50. The predicted octanol–water partition coefficient (Wildman–Crippen LogP) is 3.47. The molecule has 0 fully saturated rings. The van der Waals surface area contributed by atoms with Crippen molar-refractivity contribution < 1.29 is 4.79 Å². The van der Waals surface area contributed by atoms with Gasteiger partial charge in [0.05, 0.1) is 5.69 Å². The topological polar surface area (TPSA) is 42.9 Å². The lowest BCUT2D eigenvalue weighted by atomic mass is 9.97. The lowest BCUT2D eigenvalue weighted by Crippen LogP contribution is -1.94. The van der Waals surface area contributed by atoms with Gasteiger partial charge in [0.1, 0.15) is 5.69 Å². The van der Waals surface area contributed by atoms with Gasteiger partial charge in [0.15, 0.2) is 6.29 Å². The number of rotatable bonds is 4. The molecule has 1 heterocycles. The van der Waals surface area contributed by atoms with Crippen molar-refractivity contribution in [2.45, 2.75) is 26.2 Å². The van der Waals surface area contributed by atoms with Gasteiger partial charge in [0.25, 0.3) is 0 Å². The van der Waals surface area contributed by atoms with Crippen molar-refractivity contribution in [3.05, 3.63) is 47.7 Å². The summed E-state index contributed by atoms with van der Waals surface area (Å²) >= 11 is 0. The first-order valence-electron chi connectivity index (χ1n) is 6.14. The molecular formula is C15H16N2O. The van der Waals surface area contributed by atoms with Gasteiger partial charge >= 0.3 is 0 Å². The third-order valence-corrected chi connectivity index (χ3v) is 3.19. The standard InChI is InChI=1S/C15H16N2O/c1-3-11(2)12-4-6-13(7-5-12)15-9-8-14(10-18)16-17-15/h4-11H,3H2,1-2H3.